The molecule has 4 aliphatic rings. The minimum absolute atomic E-state index is 0.141. The predicted octanol–water partition coefficient (Wildman–Crippen LogP) is 2.35. The second-order valence-corrected chi connectivity index (χ2v) is 7.18. The summed E-state index contributed by atoms with van der Waals surface area (Å²) >= 11 is 0. The van der Waals surface area contributed by atoms with Crippen molar-refractivity contribution in [3.63, 3.8) is 0 Å². The fourth-order valence-corrected chi connectivity index (χ4v) is 5.27. The third-order valence-electron chi connectivity index (χ3n) is 5.74. The van der Waals surface area contributed by atoms with Gasteiger partial charge in [-0.25, -0.2) is 4.79 Å². The van der Waals surface area contributed by atoms with E-state index in [1.165, 1.54) is 38.5 Å². The molecule has 0 aliphatic heterocycles. The Bertz CT molecular complexity index is 419. The van der Waals surface area contributed by atoms with E-state index in [1.807, 2.05) is 0 Å². The summed E-state index contributed by atoms with van der Waals surface area (Å²) < 4.78 is 0. The van der Waals surface area contributed by atoms with Crippen molar-refractivity contribution in [2.24, 2.45) is 23.2 Å². The van der Waals surface area contributed by atoms with Crippen molar-refractivity contribution in [3.8, 4) is 0 Å². The summed E-state index contributed by atoms with van der Waals surface area (Å²) in [6, 6.07) is 0.141. The lowest BCUT2D eigenvalue weighted by atomic mass is 9.48. The Labute approximate surface area is 119 Å². The third-order valence-corrected chi connectivity index (χ3v) is 5.74. The SMILES string of the molecule is C[C@H](NC(=O)/C=C\C(=O)O)C12CC3CC(CC(C3)C1)C2. The standard InChI is InChI=1S/C16H23NO3/c1-10(17-14(18)2-3-15(19)20)16-7-11-4-12(8-16)6-13(5-11)9-16/h2-3,10-13H,4-9H2,1H3,(H,17,18)(H,19,20)/b3-2-/t10-,11?,12?,13?,16?/m0/s1. The maximum absolute atomic E-state index is 11.8. The van der Waals surface area contributed by atoms with Crippen LogP contribution in [0.5, 0.6) is 0 Å². The van der Waals surface area contributed by atoms with E-state index in [2.05, 4.69) is 12.2 Å². The molecule has 20 heavy (non-hydrogen) atoms. The van der Waals surface area contributed by atoms with E-state index >= 15 is 0 Å². The first-order chi connectivity index (χ1) is 9.47. The van der Waals surface area contributed by atoms with Gasteiger partial charge in [-0.1, -0.05) is 0 Å². The van der Waals surface area contributed by atoms with Gasteiger partial charge >= 0.3 is 5.97 Å². The zero-order valence-electron chi connectivity index (χ0n) is 12.0. The Balaban J connectivity index is 1.66. The normalized spacial score (nSPS) is 40.0. The number of hydrogen-bond donors (Lipinski definition) is 2. The number of aliphatic carboxylic acids is 1. The monoisotopic (exact) mass is 277 g/mol. The number of hydrogen-bond acceptors (Lipinski definition) is 2. The van der Waals surface area contributed by atoms with Crippen LogP contribution in [0.25, 0.3) is 0 Å². The van der Waals surface area contributed by atoms with Crippen molar-refractivity contribution in [2.45, 2.75) is 51.5 Å². The first-order valence-electron chi connectivity index (χ1n) is 7.68. The van der Waals surface area contributed by atoms with Crippen molar-refractivity contribution in [2.75, 3.05) is 0 Å². The lowest BCUT2D eigenvalue weighted by Crippen LogP contribution is -2.55. The summed E-state index contributed by atoms with van der Waals surface area (Å²) in [5, 5.41) is 11.6. The van der Waals surface area contributed by atoms with Gasteiger partial charge in [0.1, 0.15) is 0 Å². The number of carboxylic acid groups (broad SMARTS) is 1. The summed E-state index contributed by atoms with van der Waals surface area (Å²) in [4.78, 5) is 22.2. The summed E-state index contributed by atoms with van der Waals surface area (Å²) in [6.07, 6.45) is 9.91. The molecule has 4 fully saturated rings. The molecule has 0 aromatic carbocycles. The molecule has 0 unspecified atom stereocenters. The highest BCUT2D eigenvalue weighted by atomic mass is 16.4. The Morgan fingerprint density at radius 1 is 1.10 bits per heavy atom. The van der Waals surface area contributed by atoms with Crippen LogP contribution in [0.1, 0.15) is 45.4 Å². The zero-order chi connectivity index (χ0) is 14.3. The highest BCUT2D eigenvalue weighted by molar-refractivity contribution is 5.94. The number of nitrogens with one attached hydrogen (secondary N) is 1. The molecule has 4 nitrogen and oxygen atoms in total. The average molecular weight is 277 g/mol. The molecule has 0 aromatic heterocycles. The molecule has 0 aromatic rings. The zero-order valence-corrected chi connectivity index (χ0v) is 12.0. The lowest BCUT2D eigenvalue weighted by molar-refractivity contribution is -0.131. The fourth-order valence-electron chi connectivity index (χ4n) is 5.27. The summed E-state index contributed by atoms with van der Waals surface area (Å²) in [6.45, 7) is 2.10. The van der Waals surface area contributed by atoms with Crippen molar-refractivity contribution < 1.29 is 14.7 Å². The van der Waals surface area contributed by atoms with E-state index in [1.54, 1.807) is 0 Å². The number of carbonyl (C=O) groups excluding carboxylic acids is 1. The summed E-state index contributed by atoms with van der Waals surface area (Å²) in [5.41, 5.74) is 0.265. The molecule has 4 bridgehead atoms. The Kier molecular flexibility index (Phi) is 3.35. The molecule has 0 heterocycles. The second-order valence-electron chi connectivity index (χ2n) is 7.18. The Morgan fingerprint density at radius 2 is 1.60 bits per heavy atom. The van der Waals surface area contributed by atoms with Crippen LogP contribution in [0.3, 0.4) is 0 Å². The van der Waals surface area contributed by atoms with Gasteiger partial charge in [0.15, 0.2) is 0 Å². The van der Waals surface area contributed by atoms with Crippen LogP contribution in [-0.2, 0) is 9.59 Å². The molecule has 2 N–H and O–H groups in total. The van der Waals surface area contributed by atoms with Crippen LogP contribution in [0.4, 0.5) is 0 Å². The number of rotatable bonds is 4. The maximum Gasteiger partial charge on any atom is 0.328 e. The van der Waals surface area contributed by atoms with Crippen LogP contribution in [0.2, 0.25) is 0 Å². The van der Waals surface area contributed by atoms with Crippen molar-refractivity contribution in [1.82, 2.24) is 5.32 Å². The molecule has 110 valence electrons. The molecule has 0 spiro atoms. The van der Waals surface area contributed by atoms with E-state index in [-0.39, 0.29) is 17.4 Å². The topological polar surface area (TPSA) is 66.4 Å². The van der Waals surface area contributed by atoms with Gasteiger partial charge in [0, 0.05) is 18.2 Å². The molecule has 4 aliphatic carbocycles. The van der Waals surface area contributed by atoms with Gasteiger partial charge in [-0.3, -0.25) is 4.79 Å². The smallest absolute Gasteiger partial charge is 0.328 e. The minimum Gasteiger partial charge on any atom is -0.478 e. The minimum atomic E-state index is -1.08. The summed E-state index contributed by atoms with van der Waals surface area (Å²) in [7, 11) is 0. The molecule has 0 radical (unpaired) electrons. The van der Waals surface area contributed by atoms with Crippen LogP contribution < -0.4 is 5.32 Å². The van der Waals surface area contributed by atoms with Crippen LogP contribution in [-0.4, -0.2) is 23.0 Å². The van der Waals surface area contributed by atoms with Gasteiger partial charge in [-0.05, 0) is 68.6 Å². The van der Waals surface area contributed by atoms with Crippen LogP contribution in [0.15, 0.2) is 12.2 Å². The number of carbonyl (C=O) groups is 2. The Morgan fingerprint density at radius 3 is 2.05 bits per heavy atom. The van der Waals surface area contributed by atoms with Gasteiger partial charge in [-0.15, -0.1) is 0 Å². The lowest BCUT2D eigenvalue weighted by Gasteiger charge is -2.59. The van der Waals surface area contributed by atoms with Crippen molar-refractivity contribution in [1.29, 1.82) is 0 Å². The van der Waals surface area contributed by atoms with E-state index < -0.39 is 5.97 Å². The molecular weight excluding hydrogens is 254 g/mol. The third kappa shape index (κ3) is 2.48. The Hall–Kier alpha value is -1.32. The van der Waals surface area contributed by atoms with E-state index in [0.717, 1.165) is 29.9 Å². The first kappa shape index (κ1) is 13.7. The molecule has 1 atom stereocenters. The van der Waals surface area contributed by atoms with Gasteiger partial charge in [0.2, 0.25) is 5.91 Å². The molecule has 4 heteroatoms. The second kappa shape index (κ2) is 4.90. The maximum atomic E-state index is 11.8. The van der Waals surface area contributed by atoms with Crippen LogP contribution >= 0.6 is 0 Å². The van der Waals surface area contributed by atoms with E-state index in [0.29, 0.717) is 0 Å². The number of carboxylic acids is 1. The average Bonchev–Trinajstić information content (AvgIpc) is 2.34. The van der Waals surface area contributed by atoms with Crippen molar-refractivity contribution >= 4 is 11.9 Å². The van der Waals surface area contributed by atoms with Gasteiger partial charge < -0.3 is 10.4 Å². The van der Waals surface area contributed by atoms with E-state index in [4.69, 9.17) is 5.11 Å². The molecular formula is C16H23NO3. The van der Waals surface area contributed by atoms with Gasteiger partial charge in [0.05, 0.1) is 0 Å². The molecule has 0 saturated heterocycles. The summed E-state index contributed by atoms with van der Waals surface area (Å²) in [5.74, 6) is 1.21. The molecule has 1 amide bonds. The van der Waals surface area contributed by atoms with Gasteiger partial charge in [0.25, 0.3) is 0 Å². The molecule has 4 rings (SSSR count). The molecule has 4 saturated carbocycles. The van der Waals surface area contributed by atoms with E-state index in [9.17, 15) is 9.59 Å². The quantitative estimate of drug-likeness (QED) is 0.775. The fraction of sp³-hybridized carbons (Fsp3) is 0.750. The highest BCUT2D eigenvalue weighted by Crippen LogP contribution is 2.61. The van der Waals surface area contributed by atoms with Gasteiger partial charge in [-0.2, -0.15) is 0 Å². The first-order valence-corrected chi connectivity index (χ1v) is 7.68. The predicted molar refractivity (Wildman–Crippen MR) is 75.0 cm³/mol. The number of amides is 1. The highest BCUT2D eigenvalue weighted by Gasteiger charge is 2.53. The van der Waals surface area contributed by atoms with Crippen molar-refractivity contribution in [3.05, 3.63) is 12.2 Å². The van der Waals surface area contributed by atoms with Crippen LogP contribution in [0, 0.1) is 23.2 Å². The largest absolute Gasteiger partial charge is 0.478 e.